The molecule has 0 spiro atoms. The first-order chi connectivity index (χ1) is 6.90. The van der Waals surface area contributed by atoms with Gasteiger partial charge in [-0.2, -0.15) is 5.10 Å². The topological polar surface area (TPSA) is 96.3 Å². The summed E-state index contributed by atoms with van der Waals surface area (Å²) in [5, 5.41) is 6.89. The molecule has 0 fully saturated rings. The molecule has 0 saturated carbocycles. The van der Waals surface area contributed by atoms with E-state index >= 15 is 0 Å². The zero-order valence-electron chi connectivity index (χ0n) is 7.70. The summed E-state index contributed by atoms with van der Waals surface area (Å²) in [6.45, 7) is 0.663. The van der Waals surface area contributed by atoms with E-state index < -0.39 is 0 Å². The average Bonchev–Trinajstić information content (AvgIpc) is 2.85. The van der Waals surface area contributed by atoms with E-state index in [0.29, 0.717) is 18.2 Å². The monoisotopic (exact) mass is 192 g/mol. The third-order valence-corrected chi connectivity index (χ3v) is 1.86. The molecule has 74 valence electrons. The fraction of sp³-hybridized carbons (Fsp3) is 0.375. The summed E-state index contributed by atoms with van der Waals surface area (Å²) in [7, 11) is 0. The number of aromatic nitrogens is 5. The fourth-order valence-electron chi connectivity index (χ4n) is 1.17. The van der Waals surface area contributed by atoms with Crippen LogP contribution in [0.3, 0.4) is 0 Å². The van der Waals surface area contributed by atoms with E-state index in [4.69, 9.17) is 5.73 Å². The van der Waals surface area contributed by atoms with Crippen LogP contribution in [0.15, 0.2) is 12.4 Å². The molecule has 0 aliphatic heterocycles. The molecule has 0 bridgehead atoms. The molecule has 4 N–H and O–H groups in total. The Morgan fingerprint density at radius 3 is 3.07 bits per heavy atom. The van der Waals surface area contributed by atoms with E-state index in [2.05, 4.69) is 25.1 Å². The van der Waals surface area contributed by atoms with Gasteiger partial charge in [0.25, 0.3) is 0 Å². The Kier molecular flexibility index (Phi) is 2.55. The Bertz CT molecular complexity index is 376. The maximum Gasteiger partial charge on any atom is 0.216 e. The highest BCUT2D eigenvalue weighted by Crippen LogP contribution is 2.07. The third-order valence-electron chi connectivity index (χ3n) is 1.86. The molecular weight excluding hydrogens is 180 g/mol. The van der Waals surface area contributed by atoms with Crippen LogP contribution in [0, 0.1) is 0 Å². The lowest BCUT2D eigenvalue weighted by Gasteiger charge is -1.90. The molecule has 0 aliphatic carbocycles. The molecule has 0 radical (unpaired) electrons. The number of nitrogens with one attached hydrogen (secondary N) is 2. The van der Waals surface area contributed by atoms with Crippen LogP contribution in [0.25, 0.3) is 11.6 Å². The number of nitrogens with two attached hydrogens (primary N) is 1. The minimum atomic E-state index is 0.599. The van der Waals surface area contributed by atoms with Gasteiger partial charge in [0.05, 0.1) is 0 Å². The van der Waals surface area contributed by atoms with E-state index in [1.54, 1.807) is 12.4 Å². The molecule has 0 atom stereocenters. The van der Waals surface area contributed by atoms with Crippen molar-refractivity contribution in [1.82, 2.24) is 25.1 Å². The van der Waals surface area contributed by atoms with Gasteiger partial charge in [0.2, 0.25) is 5.82 Å². The molecule has 2 aromatic rings. The second kappa shape index (κ2) is 4.01. The van der Waals surface area contributed by atoms with E-state index in [0.717, 1.165) is 18.7 Å². The summed E-state index contributed by atoms with van der Waals surface area (Å²) >= 11 is 0. The molecule has 2 rings (SSSR count). The summed E-state index contributed by atoms with van der Waals surface area (Å²) in [6, 6.07) is 0. The molecule has 0 aliphatic rings. The van der Waals surface area contributed by atoms with E-state index in [-0.39, 0.29) is 0 Å². The smallest absolute Gasteiger partial charge is 0.216 e. The largest absolute Gasteiger partial charge is 0.342 e. The second-order valence-corrected chi connectivity index (χ2v) is 2.94. The Labute approximate surface area is 81.0 Å². The van der Waals surface area contributed by atoms with E-state index in [9.17, 15) is 0 Å². The Morgan fingerprint density at radius 1 is 1.43 bits per heavy atom. The molecule has 0 aromatic carbocycles. The Hall–Kier alpha value is -1.69. The van der Waals surface area contributed by atoms with Crippen LogP contribution >= 0.6 is 0 Å². The highest BCUT2D eigenvalue weighted by molar-refractivity contribution is 5.41. The van der Waals surface area contributed by atoms with Crippen LogP contribution in [0.4, 0.5) is 0 Å². The van der Waals surface area contributed by atoms with Crippen molar-refractivity contribution in [3.05, 3.63) is 18.2 Å². The Balaban J connectivity index is 2.10. The van der Waals surface area contributed by atoms with Crippen molar-refractivity contribution < 1.29 is 0 Å². The molecular formula is C8H12N6. The molecule has 2 aromatic heterocycles. The summed E-state index contributed by atoms with van der Waals surface area (Å²) in [5.41, 5.74) is 5.40. The van der Waals surface area contributed by atoms with Crippen LogP contribution < -0.4 is 5.73 Å². The molecule has 0 amide bonds. The van der Waals surface area contributed by atoms with Crippen molar-refractivity contribution in [3.63, 3.8) is 0 Å². The van der Waals surface area contributed by atoms with Gasteiger partial charge in [-0.05, 0) is 13.0 Å². The van der Waals surface area contributed by atoms with Crippen LogP contribution in [-0.2, 0) is 6.42 Å². The predicted molar refractivity (Wildman–Crippen MR) is 51.3 cm³/mol. The van der Waals surface area contributed by atoms with Crippen LogP contribution in [-0.4, -0.2) is 31.7 Å². The van der Waals surface area contributed by atoms with E-state index in [1.165, 1.54) is 0 Å². The van der Waals surface area contributed by atoms with Crippen molar-refractivity contribution in [1.29, 1.82) is 0 Å². The molecule has 14 heavy (non-hydrogen) atoms. The number of nitrogens with zero attached hydrogens (tertiary/aromatic N) is 3. The number of H-pyrrole nitrogens is 2. The lowest BCUT2D eigenvalue weighted by Crippen LogP contribution is -2.01. The molecule has 0 unspecified atom stereocenters. The number of aryl methyl sites for hydroxylation is 1. The first kappa shape index (κ1) is 8.89. The average molecular weight is 192 g/mol. The van der Waals surface area contributed by atoms with Gasteiger partial charge in [-0.25, -0.2) is 9.97 Å². The van der Waals surface area contributed by atoms with Gasteiger partial charge >= 0.3 is 0 Å². The van der Waals surface area contributed by atoms with E-state index in [1.807, 2.05) is 0 Å². The van der Waals surface area contributed by atoms with Gasteiger partial charge in [-0.3, -0.25) is 5.10 Å². The number of aromatic amines is 2. The number of rotatable bonds is 4. The van der Waals surface area contributed by atoms with Gasteiger partial charge in [0, 0.05) is 18.8 Å². The fourth-order valence-corrected chi connectivity index (χ4v) is 1.17. The van der Waals surface area contributed by atoms with Crippen LogP contribution in [0.5, 0.6) is 0 Å². The van der Waals surface area contributed by atoms with Gasteiger partial charge in [-0.1, -0.05) is 0 Å². The first-order valence-corrected chi connectivity index (χ1v) is 4.51. The normalized spacial score (nSPS) is 10.6. The van der Waals surface area contributed by atoms with Crippen LogP contribution in [0.2, 0.25) is 0 Å². The van der Waals surface area contributed by atoms with Crippen molar-refractivity contribution >= 4 is 0 Å². The first-order valence-electron chi connectivity index (χ1n) is 4.51. The highest BCUT2D eigenvalue weighted by atomic mass is 15.2. The maximum absolute atomic E-state index is 5.40. The zero-order valence-corrected chi connectivity index (χ0v) is 7.70. The standard InChI is InChI=1S/C8H12N6/c9-3-1-2-6-12-8(14-13-6)7-10-4-5-11-7/h4-5H,1-3,9H2,(H,10,11)(H,12,13,14). The number of imidazole rings is 1. The Morgan fingerprint density at radius 2 is 2.36 bits per heavy atom. The summed E-state index contributed by atoms with van der Waals surface area (Å²) in [5.74, 6) is 2.13. The summed E-state index contributed by atoms with van der Waals surface area (Å²) < 4.78 is 0. The predicted octanol–water partition coefficient (Wildman–Crippen LogP) is 0.0861. The highest BCUT2D eigenvalue weighted by Gasteiger charge is 2.06. The van der Waals surface area contributed by atoms with Crippen molar-refractivity contribution in [2.75, 3.05) is 6.54 Å². The van der Waals surface area contributed by atoms with Gasteiger partial charge in [0.1, 0.15) is 5.82 Å². The molecule has 2 heterocycles. The number of hydrogen-bond donors (Lipinski definition) is 3. The maximum atomic E-state index is 5.40. The quantitative estimate of drug-likeness (QED) is 0.639. The second-order valence-electron chi connectivity index (χ2n) is 2.94. The third kappa shape index (κ3) is 1.80. The minimum Gasteiger partial charge on any atom is -0.342 e. The number of hydrogen-bond acceptors (Lipinski definition) is 4. The minimum absolute atomic E-state index is 0.599. The molecule has 6 nitrogen and oxygen atoms in total. The van der Waals surface area contributed by atoms with Gasteiger partial charge in [0.15, 0.2) is 5.82 Å². The van der Waals surface area contributed by atoms with Crippen molar-refractivity contribution in [3.8, 4) is 11.6 Å². The lowest BCUT2D eigenvalue weighted by molar-refractivity contribution is 0.785. The van der Waals surface area contributed by atoms with Crippen LogP contribution in [0.1, 0.15) is 12.2 Å². The molecule has 6 heteroatoms. The summed E-state index contributed by atoms with van der Waals surface area (Å²) in [6.07, 6.45) is 5.15. The SMILES string of the molecule is NCCCc1nc(-c2ncc[nH]2)n[nH]1. The van der Waals surface area contributed by atoms with Gasteiger partial charge < -0.3 is 10.7 Å². The zero-order chi connectivity index (χ0) is 9.80. The van der Waals surface area contributed by atoms with Gasteiger partial charge in [-0.15, -0.1) is 0 Å². The summed E-state index contributed by atoms with van der Waals surface area (Å²) in [4.78, 5) is 11.3. The lowest BCUT2D eigenvalue weighted by atomic mass is 10.3. The molecule has 0 saturated heterocycles. The van der Waals surface area contributed by atoms with Crippen molar-refractivity contribution in [2.24, 2.45) is 5.73 Å². The van der Waals surface area contributed by atoms with Crippen molar-refractivity contribution in [2.45, 2.75) is 12.8 Å².